The zero-order chi connectivity index (χ0) is 12.6. The minimum atomic E-state index is -0.0997. The number of hydrogen-bond acceptors (Lipinski definition) is 2. The number of fused-ring (bicyclic) bond motifs is 1. The molecule has 3 nitrogen and oxygen atoms in total. The maximum absolute atomic E-state index is 11.7. The Labute approximate surface area is 109 Å². The summed E-state index contributed by atoms with van der Waals surface area (Å²) in [4.78, 5) is 24.8. The van der Waals surface area contributed by atoms with Crippen LogP contribution in [0, 0.1) is 0 Å². The van der Waals surface area contributed by atoms with Gasteiger partial charge in [0.05, 0.1) is 11.2 Å². The van der Waals surface area contributed by atoms with Crippen LogP contribution in [0.4, 0.5) is 0 Å². The number of likely N-dealkylation sites (N-methyl/N-ethyl adjacent to an activating group) is 1. The second-order valence-corrected chi connectivity index (χ2v) is 5.60. The first-order chi connectivity index (χ1) is 7.99. The number of rotatable bonds is 2. The molecule has 0 radical (unpaired) electrons. The number of ketones is 1. The Hall–Kier alpha value is -1.16. The van der Waals surface area contributed by atoms with E-state index >= 15 is 0 Å². The number of benzene rings is 1. The summed E-state index contributed by atoms with van der Waals surface area (Å²) in [7, 11) is 3.49. The molecule has 0 aliphatic heterocycles. The molecule has 1 unspecified atom stereocenters. The first-order valence-corrected chi connectivity index (χ1v) is 6.41. The van der Waals surface area contributed by atoms with Gasteiger partial charge in [0.1, 0.15) is 0 Å². The van der Waals surface area contributed by atoms with Crippen molar-refractivity contribution in [3.05, 3.63) is 34.9 Å². The fourth-order valence-corrected chi connectivity index (χ4v) is 2.55. The van der Waals surface area contributed by atoms with E-state index in [1.165, 1.54) is 0 Å². The fourth-order valence-electron chi connectivity index (χ4n) is 1.95. The third kappa shape index (κ3) is 2.41. The summed E-state index contributed by atoms with van der Waals surface area (Å²) in [5.41, 5.74) is 2.80. The number of hydrogen-bond donors (Lipinski definition) is 0. The topological polar surface area (TPSA) is 37.4 Å². The molecule has 0 saturated heterocycles. The molecular weight excluding hydrogens is 282 g/mol. The van der Waals surface area contributed by atoms with Crippen LogP contribution < -0.4 is 0 Å². The summed E-state index contributed by atoms with van der Waals surface area (Å²) in [6.07, 6.45) is 1.11. The molecule has 2 rings (SSSR count). The summed E-state index contributed by atoms with van der Waals surface area (Å²) >= 11 is 3.36. The molecule has 0 bridgehead atoms. The van der Waals surface area contributed by atoms with Crippen molar-refractivity contribution in [2.75, 3.05) is 14.1 Å². The summed E-state index contributed by atoms with van der Waals surface area (Å²) in [5.74, 6) is 0.218. The normalized spacial score (nSPS) is 18.1. The van der Waals surface area contributed by atoms with Gasteiger partial charge in [0.25, 0.3) is 0 Å². The Morgan fingerprint density at radius 3 is 2.82 bits per heavy atom. The van der Waals surface area contributed by atoms with Gasteiger partial charge in [0.15, 0.2) is 5.78 Å². The molecule has 90 valence electrons. The molecule has 0 saturated carbocycles. The lowest BCUT2D eigenvalue weighted by atomic mass is 10.0. The summed E-state index contributed by atoms with van der Waals surface area (Å²) < 4.78 is 0. The van der Waals surface area contributed by atoms with Crippen LogP contribution in [-0.4, -0.2) is 35.5 Å². The van der Waals surface area contributed by atoms with Crippen molar-refractivity contribution >= 4 is 27.6 Å². The molecule has 1 aliphatic carbocycles. The maximum atomic E-state index is 11.7. The molecule has 0 aromatic heterocycles. The van der Waals surface area contributed by atoms with Gasteiger partial charge in [-0.2, -0.15) is 0 Å². The lowest BCUT2D eigenvalue weighted by molar-refractivity contribution is -0.127. The predicted octanol–water partition coefficient (Wildman–Crippen LogP) is 1.82. The van der Waals surface area contributed by atoms with Crippen LogP contribution in [0.3, 0.4) is 0 Å². The van der Waals surface area contributed by atoms with Crippen LogP contribution >= 0.6 is 15.9 Å². The van der Waals surface area contributed by atoms with Crippen molar-refractivity contribution in [3.8, 4) is 0 Å². The van der Waals surface area contributed by atoms with Gasteiger partial charge in [-0.1, -0.05) is 34.1 Å². The average Bonchev–Trinajstić information content (AvgIpc) is 2.54. The predicted molar refractivity (Wildman–Crippen MR) is 69.6 cm³/mol. The molecule has 0 N–H and O–H groups in total. The minimum Gasteiger partial charge on any atom is -0.349 e. The number of nitrogens with zero attached hydrogens (tertiary/aromatic N) is 1. The second-order valence-electron chi connectivity index (χ2n) is 4.49. The lowest BCUT2D eigenvalue weighted by Gasteiger charge is -2.10. The van der Waals surface area contributed by atoms with Crippen LogP contribution in [0.5, 0.6) is 0 Å². The number of Topliss-reactive ketones (excluding diaryl/α,β-unsaturated/α-hetero) is 1. The molecule has 0 spiro atoms. The highest BCUT2D eigenvalue weighted by Gasteiger charge is 2.28. The summed E-state index contributed by atoms with van der Waals surface area (Å²) in [6.45, 7) is 0. The molecule has 17 heavy (non-hydrogen) atoms. The van der Waals surface area contributed by atoms with Gasteiger partial charge in [-0.25, -0.2) is 0 Å². The average molecular weight is 296 g/mol. The van der Waals surface area contributed by atoms with Crippen LogP contribution in [0.2, 0.25) is 0 Å². The van der Waals surface area contributed by atoms with Crippen molar-refractivity contribution in [3.63, 3.8) is 0 Å². The zero-order valence-corrected chi connectivity index (χ0v) is 11.5. The highest BCUT2D eigenvalue weighted by atomic mass is 79.9. The van der Waals surface area contributed by atoms with E-state index in [9.17, 15) is 9.59 Å². The number of carbonyl (C=O) groups is 2. The number of alkyl halides is 1. The SMILES string of the molecule is CN(C)C(=O)Cc1ccc2c(c1)CC(Br)C2=O. The van der Waals surface area contributed by atoms with Crippen molar-refractivity contribution < 1.29 is 9.59 Å². The minimum absolute atomic E-state index is 0.0738. The van der Waals surface area contributed by atoms with Crippen LogP contribution in [-0.2, 0) is 17.6 Å². The first kappa shape index (κ1) is 12.3. The molecule has 1 aromatic carbocycles. The summed E-state index contributed by atoms with van der Waals surface area (Å²) in [5, 5.41) is 0. The van der Waals surface area contributed by atoms with Gasteiger partial charge in [-0.15, -0.1) is 0 Å². The third-order valence-corrected chi connectivity index (χ3v) is 3.71. The van der Waals surface area contributed by atoms with Gasteiger partial charge in [0.2, 0.25) is 5.91 Å². The third-order valence-electron chi connectivity index (χ3n) is 2.97. The lowest BCUT2D eigenvalue weighted by Crippen LogP contribution is -2.23. The van der Waals surface area contributed by atoms with Crippen molar-refractivity contribution in [1.82, 2.24) is 4.90 Å². The van der Waals surface area contributed by atoms with E-state index in [2.05, 4.69) is 15.9 Å². The Bertz CT molecular complexity index is 482. The molecular formula is C13H14BrNO2. The van der Waals surface area contributed by atoms with Crippen molar-refractivity contribution in [1.29, 1.82) is 0 Å². The number of halogens is 1. The second kappa shape index (κ2) is 4.61. The van der Waals surface area contributed by atoms with E-state index < -0.39 is 0 Å². The fraction of sp³-hybridized carbons (Fsp3) is 0.385. The number of carbonyl (C=O) groups excluding carboxylic acids is 2. The van der Waals surface area contributed by atoms with Gasteiger partial charge in [-0.05, 0) is 17.5 Å². The first-order valence-electron chi connectivity index (χ1n) is 5.49. The molecule has 0 heterocycles. The van der Waals surface area contributed by atoms with Crippen LogP contribution in [0.1, 0.15) is 21.5 Å². The number of amides is 1. The van der Waals surface area contributed by atoms with Crippen LogP contribution in [0.25, 0.3) is 0 Å². The molecule has 1 aliphatic rings. The monoisotopic (exact) mass is 295 g/mol. The van der Waals surface area contributed by atoms with Gasteiger partial charge in [-0.3, -0.25) is 9.59 Å². The quantitative estimate of drug-likeness (QED) is 0.781. The Morgan fingerprint density at radius 2 is 2.18 bits per heavy atom. The van der Waals surface area contributed by atoms with E-state index in [0.29, 0.717) is 6.42 Å². The Kier molecular flexibility index (Phi) is 3.33. The van der Waals surface area contributed by atoms with Gasteiger partial charge < -0.3 is 4.90 Å². The molecule has 4 heteroatoms. The largest absolute Gasteiger partial charge is 0.349 e. The van der Waals surface area contributed by atoms with E-state index in [-0.39, 0.29) is 16.5 Å². The zero-order valence-electron chi connectivity index (χ0n) is 9.87. The van der Waals surface area contributed by atoms with E-state index in [0.717, 1.165) is 23.1 Å². The smallest absolute Gasteiger partial charge is 0.226 e. The van der Waals surface area contributed by atoms with E-state index in [4.69, 9.17) is 0 Å². The molecule has 1 aromatic rings. The Morgan fingerprint density at radius 1 is 1.47 bits per heavy atom. The van der Waals surface area contributed by atoms with Gasteiger partial charge >= 0.3 is 0 Å². The Balaban J connectivity index is 2.22. The standard InChI is InChI=1S/C13H14BrNO2/c1-15(2)12(16)6-8-3-4-10-9(5-8)7-11(14)13(10)17/h3-5,11H,6-7H2,1-2H3. The van der Waals surface area contributed by atoms with Gasteiger partial charge in [0, 0.05) is 19.7 Å². The summed E-state index contributed by atoms with van der Waals surface area (Å²) in [6, 6.07) is 5.66. The van der Waals surface area contributed by atoms with E-state index in [1.54, 1.807) is 19.0 Å². The van der Waals surface area contributed by atoms with Crippen LogP contribution in [0.15, 0.2) is 18.2 Å². The molecule has 1 amide bonds. The van der Waals surface area contributed by atoms with E-state index in [1.807, 2.05) is 18.2 Å². The van der Waals surface area contributed by atoms with Crippen molar-refractivity contribution in [2.24, 2.45) is 0 Å². The molecule has 0 fully saturated rings. The van der Waals surface area contributed by atoms with Crippen molar-refractivity contribution in [2.45, 2.75) is 17.7 Å². The highest BCUT2D eigenvalue weighted by molar-refractivity contribution is 9.10. The molecule has 1 atom stereocenters. The highest BCUT2D eigenvalue weighted by Crippen LogP contribution is 2.27. The maximum Gasteiger partial charge on any atom is 0.226 e.